The van der Waals surface area contributed by atoms with E-state index in [1.165, 1.54) is 28.6 Å². The summed E-state index contributed by atoms with van der Waals surface area (Å²) in [5.74, 6) is 0.845. The lowest BCUT2D eigenvalue weighted by Gasteiger charge is -2.20. The van der Waals surface area contributed by atoms with Crippen LogP contribution >= 0.6 is 15.9 Å². The lowest BCUT2D eigenvalue weighted by atomic mass is 10.2. The van der Waals surface area contributed by atoms with E-state index in [1.54, 1.807) is 0 Å². The average molecular weight is 355 g/mol. The number of hydrogen-bond acceptors (Lipinski definition) is 3. The van der Waals surface area contributed by atoms with Crippen molar-refractivity contribution >= 4 is 21.6 Å². The van der Waals surface area contributed by atoms with Crippen LogP contribution in [0.2, 0.25) is 0 Å². The number of halogens is 1. The fourth-order valence-corrected chi connectivity index (χ4v) is 2.60. The summed E-state index contributed by atoms with van der Waals surface area (Å²) in [6.45, 7) is 7.91. The van der Waals surface area contributed by atoms with Crippen molar-refractivity contribution in [2.24, 2.45) is 5.92 Å². The van der Waals surface area contributed by atoms with Crippen molar-refractivity contribution in [1.82, 2.24) is 5.32 Å². The van der Waals surface area contributed by atoms with E-state index in [0.29, 0.717) is 6.04 Å². The zero-order valence-corrected chi connectivity index (χ0v) is 14.9. The molecule has 2 rings (SSSR count). The van der Waals surface area contributed by atoms with Gasteiger partial charge in [0.25, 0.3) is 0 Å². The van der Waals surface area contributed by atoms with E-state index in [9.17, 15) is 0 Å². The van der Waals surface area contributed by atoms with E-state index in [1.807, 2.05) is 0 Å². The van der Waals surface area contributed by atoms with Gasteiger partial charge in [-0.15, -0.1) is 0 Å². The molecule has 1 aromatic rings. The molecule has 0 radical (unpaired) electrons. The Morgan fingerprint density at radius 3 is 2.76 bits per heavy atom. The lowest BCUT2D eigenvalue weighted by Crippen LogP contribution is -2.24. The summed E-state index contributed by atoms with van der Waals surface area (Å²) < 4.78 is 6.87. The van der Waals surface area contributed by atoms with E-state index >= 15 is 0 Å². The number of rotatable bonds is 9. The number of nitrogens with zero attached hydrogens (tertiary/aromatic N) is 1. The Balaban J connectivity index is 1.79. The molecule has 0 unspecified atom stereocenters. The van der Waals surface area contributed by atoms with Crippen LogP contribution in [0.25, 0.3) is 0 Å². The van der Waals surface area contributed by atoms with Crippen LogP contribution in [0.3, 0.4) is 0 Å². The minimum absolute atomic E-state index is 0.503. The van der Waals surface area contributed by atoms with Crippen molar-refractivity contribution < 1.29 is 4.74 Å². The van der Waals surface area contributed by atoms with Gasteiger partial charge in [0.1, 0.15) is 0 Å². The summed E-state index contributed by atoms with van der Waals surface area (Å²) in [4.78, 5) is 2.25. The average Bonchev–Trinajstić information content (AvgIpc) is 3.26. The summed E-state index contributed by atoms with van der Waals surface area (Å²) in [7, 11) is 2.12. The SMILES string of the molecule is CC(C)NCc1ccc(N(C)CCOCC2CC2)cc1Br. The smallest absolute Gasteiger partial charge is 0.0641 e. The highest BCUT2D eigenvalue weighted by Gasteiger charge is 2.20. The fourth-order valence-electron chi connectivity index (χ4n) is 2.10. The molecule has 0 heterocycles. The van der Waals surface area contributed by atoms with Gasteiger partial charge in [-0.3, -0.25) is 0 Å². The fraction of sp³-hybridized carbons (Fsp3) is 0.647. The van der Waals surface area contributed by atoms with Gasteiger partial charge in [-0.05, 0) is 36.5 Å². The predicted octanol–water partition coefficient (Wildman–Crippen LogP) is 3.81. The minimum atomic E-state index is 0.503. The highest BCUT2D eigenvalue weighted by Crippen LogP contribution is 2.28. The first-order chi connectivity index (χ1) is 10.1. The third kappa shape index (κ3) is 5.97. The van der Waals surface area contributed by atoms with Gasteiger partial charge in [-0.1, -0.05) is 35.8 Å². The molecule has 0 atom stereocenters. The number of anilines is 1. The molecule has 0 aromatic heterocycles. The number of nitrogens with one attached hydrogen (secondary N) is 1. The molecule has 0 saturated heterocycles. The van der Waals surface area contributed by atoms with Crippen LogP contribution in [0.5, 0.6) is 0 Å². The lowest BCUT2D eigenvalue weighted by molar-refractivity contribution is 0.131. The minimum Gasteiger partial charge on any atom is -0.379 e. The molecule has 1 fully saturated rings. The molecule has 0 aliphatic heterocycles. The summed E-state index contributed by atoms with van der Waals surface area (Å²) >= 11 is 3.68. The number of likely N-dealkylation sites (N-methyl/N-ethyl adjacent to an activating group) is 1. The molecule has 1 aromatic carbocycles. The highest BCUT2D eigenvalue weighted by atomic mass is 79.9. The second-order valence-corrected chi connectivity index (χ2v) is 7.11. The number of hydrogen-bond donors (Lipinski definition) is 1. The summed E-state index contributed by atoms with van der Waals surface area (Å²) in [6, 6.07) is 7.07. The Morgan fingerprint density at radius 2 is 2.14 bits per heavy atom. The largest absolute Gasteiger partial charge is 0.379 e. The summed E-state index contributed by atoms with van der Waals surface area (Å²) in [6.07, 6.45) is 2.71. The van der Waals surface area contributed by atoms with Crippen LogP contribution < -0.4 is 10.2 Å². The second-order valence-electron chi connectivity index (χ2n) is 6.25. The molecule has 1 aliphatic rings. The first kappa shape index (κ1) is 16.8. The van der Waals surface area contributed by atoms with Crippen molar-refractivity contribution in [3.8, 4) is 0 Å². The zero-order chi connectivity index (χ0) is 15.2. The maximum Gasteiger partial charge on any atom is 0.0641 e. The first-order valence-electron chi connectivity index (χ1n) is 7.87. The predicted molar refractivity (Wildman–Crippen MR) is 92.9 cm³/mol. The molecule has 0 bridgehead atoms. The molecule has 118 valence electrons. The first-order valence-corrected chi connectivity index (χ1v) is 8.66. The van der Waals surface area contributed by atoms with Crippen LogP contribution in [0.1, 0.15) is 32.3 Å². The van der Waals surface area contributed by atoms with E-state index < -0.39 is 0 Å². The molecular formula is C17H27BrN2O. The van der Waals surface area contributed by atoms with Crippen LogP contribution in [0.4, 0.5) is 5.69 Å². The molecule has 1 aliphatic carbocycles. The van der Waals surface area contributed by atoms with Crippen molar-refractivity contribution in [2.75, 3.05) is 31.7 Å². The molecule has 21 heavy (non-hydrogen) atoms. The van der Waals surface area contributed by atoms with E-state index in [0.717, 1.165) is 32.2 Å². The molecular weight excluding hydrogens is 328 g/mol. The van der Waals surface area contributed by atoms with Crippen molar-refractivity contribution in [2.45, 2.75) is 39.3 Å². The molecule has 4 heteroatoms. The van der Waals surface area contributed by atoms with E-state index in [2.05, 4.69) is 65.2 Å². The Labute approximate surface area is 137 Å². The number of ether oxygens (including phenoxy) is 1. The van der Waals surface area contributed by atoms with Crippen molar-refractivity contribution in [1.29, 1.82) is 0 Å². The van der Waals surface area contributed by atoms with Crippen LogP contribution in [0, 0.1) is 5.92 Å². The molecule has 0 amide bonds. The quantitative estimate of drug-likeness (QED) is 0.682. The third-order valence-corrected chi connectivity index (χ3v) is 4.54. The molecule has 1 N–H and O–H groups in total. The van der Waals surface area contributed by atoms with Gasteiger partial charge in [-0.2, -0.15) is 0 Å². The van der Waals surface area contributed by atoms with Gasteiger partial charge < -0.3 is 15.0 Å². The monoisotopic (exact) mass is 354 g/mol. The van der Waals surface area contributed by atoms with Crippen molar-refractivity contribution in [3.05, 3.63) is 28.2 Å². The highest BCUT2D eigenvalue weighted by molar-refractivity contribution is 9.10. The molecule has 3 nitrogen and oxygen atoms in total. The molecule has 0 spiro atoms. The van der Waals surface area contributed by atoms with Gasteiger partial charge >= 0.3 is 0 Å². The third-order valence-electron chi connectivity index (χ3n) is 3.80. The maximum atomic E-state index is 5.71. The van der Waals surface area contributed by atoms with Crippen molar-refractivity contribution in [3.63, 3.8) is 0 Å². The standard InChI is InChI=1S/C17H27BrN2O/c1-13(2)19-11-15-6-7-16(10-17(15)18)20(3)8-9-21-12-14-4-5-14/h6-7,10,13-14,19H,4-5,8-9,11-12H2,1-3H3. The van der Waals surface area contributed by atoms with Crippen LogP contribution in [0.15, 0.2) is 22.7 Å². The summed E-state index contributed by atoms with van der Waals surface area (Å²) in [5, 5.41) is 3.45. The topological polar surface area (TPSA) is 24.5 Å². The Kier molecular flexibility index (Phi) is 6.52. The maximum absolute atomic E-state index is 5.71. The van der Waals surface area contributed by atoms with Gasteiger partial charge in [-0.25, -0.2) is 0 Å². The summed E-state index contributed by atoms with van der Waals surface area (Å²) in [5.41, 5.74) is 2.52. The van der Waals surface area contributed by atoms with Crippen LogP contribution in [-0.4, -0.2) is 32.8 Å². The normalized spacial score (nSPS) is 14.7. The van der Waals surface area contributed by atoms with E-state index in [4.69, 9.17) is 4.74 Å². The Hall–Kier alpha value is -0.580. The molecule has 1 saturated carbocycles. The van der Waals surface area contributed by atoms with Crippen LogP contribution in [-0.2, 0) is 11.3 Å². The number of benzene rings is 1. The van der Waals surface area contributed by atoms with Gasteiger partial charge in [0, 0.05) is 42.9 Å². The van der Waals surface area contributed by atoms with E-state index in [-0.39, 0.29) is 0 Å². The second kappa shape index (κ2) is 8.16. The zero-order valence-electron chi connectivity index (χ0n) is 13.4. The van der Waals surface area contributed by atoms with Gasteiger partial charge in [0.05, 0.1) is 6.61 Å². The van der Waals surface area contributed by atoms with Gasteiger partial charge in [0.15, 0.2) is 0 Å². The van der Waals surface area contributed by atoms with Gasteiger partial charge in [0.2, 0.25) is 0 Å². The Bertz CT molecular complexity index is 446. The Morgan fingerprint density at radius 1 is 1.38 bits per heavy atom.